The van der Waals surface area contributed by atoms with Gasteiger partial charge in [0.2, 0.25) is 5.88 Å². The Balaban J connectivity index is 1.96. The molecule has 0 aliphatic carbocycles. The van der Waals surface area contributed by atoms with Gasteiger partial charge in [-0.15, -0.1) is 0 Å². The van der Waals surface area contributed by atoms with E-state index in [1.54, 1.807) is 22.9 Å². The largest absolute Gasteiger partial charge is 0.435 e. The first kappa shape index (κ1) is 23.9. The first-order valence-corrected chi connectivity index (χ1v) is 11.1. The van der Waals surface area contributed by atoms with Crippen molar-refractivity contribution < 1.29 is 19.0 Å². The zero-order valence-corrected chi connectivity index (χ0v) is 19.0. The fraction of sp³-hybridized carbons (Fsp3) is 0.400. The summed E-state index contributed by atoms with van der Waals surface area (Å²) in [5, 5.41) is 15.1. The van der Waals surface area contributed by atoms with Gasteiger partial charge in [0.1, 0.15) is 0 Å². The van der Waals surface area contributed by atoms with Crippen LogP contribution in [-0.4, -0.2) is 52.2 Å². The molecule has 0 radical (unpaired) electrons. The number of para-hydroxylation sites is 2. The predicted octanol–water partition coefficient (Wildman–Crippen LogP) is 4.72. The molecule has 6 nitrogen and oxygen atoms in total. The van der Waals surface area contributed by atoms with E-state index in [0.717, 1.165) is 29.9 Å². The zero-order chi connectivity index (χ0) is 22.9. The van der Waals surface area contributed by atoms with Crippen LogP contribution >= 0.6 is 0 Å². The van der Waals surface area contributed by atoms with Gasteiger partial charge < -0.3 is 14.6 Å². The number of aliphatic hydroxyl groups is 1. The summed E-state index contributed by atoms with van der Waals surface area (Å²) >= 11 is 0. The van der Waals surface area contributed by atoms with Crippen LogP contribution < -0.4 is 4.74 Å². The van der Waals surface area contributed by atoms with Gasteiger partial charge in [-0.3, -0.25) is 4.90 Å². The number of rotatable bonds is 12. The summed E-state index contributed by atoms with van der Waals surface area (Å²) in [6.45, 7) is 8.54. The summed E-state index contributed by atoms with van der Waals surface area (Å²) in [7, 11) is 0. The molecule has 0 saturated carbocycles. The van der Waals surface area contributed by atoms with Crippen LogP contribution in [-0.2, 0) is 11.3 Å². The lowest BCUT2D eigenvalue weighted by Gasteiger charge is -2.25. The first-order valence-electron chi connectivity index (χ1n) is 11.1. The second kappa shape index (κ2) is 11.8. The Morgan fingerprint density at radius 1 is 1.09 bits per heavy atom. The van der Waals surface area contributed by atoms with Crippen molar-refractivity contribution in [1.29, 1.82) is 0 Å². The molecule has 7 heteroatoms. The molecular weight excluding hydrogens is 409 g/mol. The summed E-state index contributed by atoms with van der Waals surface area (Å²) in [4.78, 5) is 2.15. The van der Waals surface area contributed by atoms with E-state index >= 15 is 0 Å². The average Bonchev–Trinajstić information content (AvgIpc) is 3.09. The summed E-state index contributed by atoms with van der Waals surface area (Å²) in [6, 6.07) is 16.0. The molecule has 0 saturated heterocycles. The highest BCUT2D eigenvalue weighted by molar-refractivity contribution is 5.43. The molecule has 3 rings (SSSR count). The minimum atomic E-state index is -0.595. The van der Waals surface area contributed by atoms with Crippen LogP contribution in [0.5, 0.6) is 11.6 Å². The van der Waals surface area contributed by atoms with Crippen molar-refractivity contribution >= 4 is 0 Å². The Kier molecular flexibility index (Phi) is 8.79. The van der Waals surface area contributed by atoms with Crippen LogP contribution in [0.1, 0.15) is 31.5 Å². The van der Waals surface area contributed by atoms with Gasteiger partial charge in [-0.2, -0.15) is 5.10 Å². The molecule has 1 atom stereocenters. The molecule has 1 N–H and O–H groups in total. The molecule has 0 spiro atoms. The van der Waals surface area contributed by atoms with Crippen molar-refractivity contribution in [3.63, 3.8) is 0 Å². The van der Waals surface area contributed by atoms with Crippen LogP contribution in [0.2, 0.25) is 0 Å². The summed E-state index contributed by atoms with van der Waals surface area (Å²) in [6.07, 6.45) is 0.332. The Morgan fingerprint density at radius 3 is 2.50 bits per heavy atom. The summed E-state index contributed by atoms with van der Waals surface area (Å²) < 4.78 is 27.6. The molecule has 1 heterocycles. The highest BCUT2D eigenvalue weighted by Gasteiger charge is 2.23. The van der Waals surface area contributed by atoms with E-state index in [0.29, 0.717) is 25.6 Å². The normalized spacial score (nSPS) is 12.3. The van der Waals surface area contributed by atoms with Gasteiger partial charge in [0, 0.05) is 19.7 Å². The van der Waals surface area contributed by atoms with E-state index in [4.69, 9.17) is 14.6 Å². The van der Waals surface area contributed by atoms with Gasteiger partial charge in [-0.25, -0.2) is 9.07 Å². The highest BCUT2D eigenvalue weighted by atomic mass is 19.1. The molecule has 1 aromatic heterocycles. The van der Waals surface area contributed by atoms with Crippen LogP contribution in [0.25, 0.3) is 5.69 Å². The van der Waals surface area contributed by atoms with Gasteiger partial charge in [-0.05, 0) is 51.1 Å². The lowest BCUT2D eigenvalue weighted by atomic mass is 10.2. The van der Waals surface area contributed by atoms with E-state index in [9.17, 15) is 9.50 Å². The molecule has 2 aromatic carbocycles. The van der Waals surface area contributed by atoms with Crippen molar-refractivity contribution in [2.45, 2.75) is 39.8 Å². The predicted molar refractivity (Wildman–Crippen MR) is 123 cm³/mol. The number of benzene rings is 2. The SMILES string of the molecule is CCCN(Cc1c(C)nn(-c2ccccc2)c1Oc1ccccc1F)CC(O)COCC. The van der Waals surface area contributed by atoms with Gasteiger partial charge in [-0.1, -0.05) is 37.3 Å². The third kappa shape index (κ3) is 6.16. The topological polar surface area (TPSA) is 59.8 Å². The maximum Gasteiger partial charge on any atom is 0.227 e. The molecule has 172 valence electrons. The van der Waals surface area contributed by atoms with Gasteiger partial charge in [0.15, 0.2) is 11.6 Å². The molecule has 0 bridgehead atoms. The monoisotopic (exact) mass is 441 g/mol. The number of nitrogens with zero attached hydrogens (tertiary/aromatic N) is 3. The van der Waals surface area contributed by atoms with Gasteiger partial charge in [0.25, 0.3) is 0 Å². The summed E-state index contributed by atoms with van der Waals surface area (Å²) in [5.41, 5.74) is 2.47. The van der Waals surface area contributed by atoms with Gasteiger partial charge in [0.05, 0.1) is 29.7 Å². The fourth-order valence-corrected chi connectivity index (χ4v) is 3.58. The molecule has 0 aliphatic heterocycles. The van der Waals surface area contributed by atoms with Crippen molar-refractivity contribution in [1.82, 2.24) is 14.7 Å². The Labute approximate surface area is 189 Å². The molecule has 3 aromatic rings. The number of aryl methyl sites for hydroxylation is 1. The maximum absolute atomic E-state index is 14.4. The third-order valence-electron chi connectivity index (χ3n) is 5.09. The molecule has 1 unspecified atom stereocenters. The van der Waals surface area contributed by atoms with Crippen LogP contribution in [0, 0.1) is 12.7 Å². The standard InChI is InChI=1S/C25H32FN3O3/c1-4-15-28(16-21(30)18-31-5-2)17-22-19(3)27-29(20-11-7-6-8-12-20)25(22)32-24-14-10-9-13-23(24)26/h6-14,21,30H,4-5,15-18H2,1-3H3. The minimum Gasteiger partial charge on any atom is -0.435 e. The maximum atomic E-state index is 14.4. The third-order valence-corrected chi connectivity index (χ3v) is 5.09. The summed E-state index contributed by atoms with van der Waals surface area (Å²) in [5.74, 6) is 0.179. The number of ether oxygens (including phenoxy) is 2. The lowest BCUT2D eigenvalue weighted by molar-refractivity contribution is 0.0195. The lowest BCUT2D eigenvalue weighted by Crippen LogP contribution is -2.35. The number of hydrogen-bond acceptors (Lipinski definition) is 5. The number of halogens is 1. The molecule has 0 fully saturated rings. The van der Waals surface area contributed by atoms with E-state index in [1.807, 2.05) is 44.2 Å². The Bertz CT molecular complexity index is 978. The smallest absolute Gasteiger partial charge is 0.227 e. The highest BCUT2D eigenvalue weighted by Crippen LogP contribution is 2.32. The number of aromatic nitrogens is 2. The zero-order valence-electron chi connectivity index (χ0n) is 19.0. The van der Waals surface area contributed by atoms with Gasteiger partial charge >= 0.3 is 0 Å². The quantitative estimate of drug-likeness (QED) is 0.441. The molecular formula is C25H32FN3O3. The number of hydrogen-bond donors (Lipinski definition) is 1. The number of aliphatic hydroxyl groups excluding tert-OH is 1. The minimum absolute atomic E-state index is 0.143. The van der Waals surface area contributed by atoms with Crippen molar-refractivity contribution in [3.05, 3.63) is 71.7 Å². The van der Waals surface area contributed by atoms with Crippen LogP contribution in [0.4, 0.5) is 4.39 Å². The molecule has 32 heavy (non-hydrogen) atoms. The van der Waals surface area contributed by atoms with Crippen molar-refractivity contribution in [3.8, 4) is 17.3 Å². The Hall–Kier alpha value is -2.74. The van der Waals surface area contributed by atoms with Crippen molar-refractivity contribution in [2.75, 3.05) is 26.3 Å². The fourth-order valence-electron chi connectivity index (χ4n) is 3.58. The van der Waals surface area contributed by atoms with E-state index in [1.165, 1.54) is 6.07 Å². The second-order valence-corrected chi connectivity index (χ2v) is 7.70. The van der Waals surface area contributed by atoms with E-state index in [-0.39, 0.29) is 12.4 Å². The Morgan fingerprint density at radius 2 is 1.81 bits per heavy atom. The van der Waals surface area contributed by atoms with Crippen LogP contribution in [0.15, 0.2) is 54.6 Å². The first-order chi connectivity index (χ1) is 15.5. The van der Waals surface area contributed by atoms with Crippen LogP contribution in [0.3, 0.4) is 0 Å². The van der Waals surface area contributed by atoms with Crippen molar-refractivity contribution in [2.24, 2.45) is 0 Å². The second-order valence-electron chi connectivity index (χ2n) is 7.70. The average molecular weight is 442 g/mol. The van der Waals surface area contributed by atoms with E-state index < -0.39 is 11.9 Å². The van der Waals surface area contributed by atoms with E-state index in [2.05, 4.69) is 11.8 Å². The molecule has 0 aliphatic rings. The molecule has 0 amide bonds.